The number of hydrogen-bond donors (Lipinski definition) is 1. The highest BCUT2D eigenvalue weighted by Gasteiger charge is 2.35. The van der Waals surface area contributed by atoms with Gasteiger partial charge < -0.3 is 15.0 Å². The van der Waals surface area contributed by atoms with Crippen molar-refractivity contribution in [2.75, 3.05) is 30.4 Å². The van der Waals surface area contributed by atoms with Crippen molar-refractivity contribution in [1.29, 1.82) is 0 Å². The fraction of sp³-hybridized carbons (Fsp3) is 0.353. The van der Waals surface area contributed by atoms with Gasteiger partial charge in [-0.1, -0.05) is 11.3 Å². The molecular formula is C17H19N7O2. The number of carbonyl (C=O) groups excluding carboxylic acids is 1. The molecule has 1 amide bonds. The Morgan fingerprint density at radius 2 is 2.12 bits per heavy atom. The van der Waals surface area contributed by atoms with Crippen molar-refractivity contribution in [2.24, 2.45) is 13.0 Å². The van der Waals surface area contributed by atoms with Crippen LogP contribution in [0.5, 0.6) is 5.75 Å². The molecule has 9 heteroatoms. The van der Waals surface area contributed by atoms with Crippen LogP contribution in [-0.2, 0) is 11.8 Å². The lowest BCUT2D eigenvalue weighted by atomic mass is 9.99. The predicted molar refractivity (Wildman–Crippen MR) is 96.2 cm³/mol. The van der Waals surface area contributed by atoms with E-state index in [9.17, 15) is 4.79 Å². The summed E-state index contributed by atoms with van der Waals surface area (Å²) in [6.45, 7) is 3.12. The number of rotatable bonds is 4. The number of methoxy groups -OCH3 is 1. The van der Waals surface area contributed by atoms with Crippen LogP contribution in [0.1, 0.15) is 5.56 Å². The van der Waals surface area contributed by atoms with E-state index in [-0.39, 0.29) is 11.8 Å². The van der Waals surface area contributed by atoms with E-state index in [4.69, 9.17) is 4.74 Å². The Hall–Kier alpha value is -3.23. The Balaban J connectivity index is 1.46. The summed E-state index contributed by atoms with van der Waals surface area (Å²) < 4.78 is 6.92. The number of amides is 1. The maximum absolute atomic E-state index is 12.6. The van der Waals surface area contributed by atoms with Crippen molar-refractivity contribution >= 4 is 28.6 Å². The Morgan fingerprint density at radius 3 is 2.88 bits per heavy atom. The molecule has 0 bridgehead atoms. The zero-order valence-corrected chi connectivity index (χ0v) is 14.8. The number of nitrogens with zero attached hydrogens (tertiary/aromatic N) is 6. The normalized spacial score (nSPS) is 14.3. The van der Waals surface area contributed by atoms with E-state index in [1.807, 2.05) is 30.0 Å². The third-order valence-corrected chi connectivity index (χ3v) is 4.53. The molecule has 0 saturated carbocycles. The molecule has 1 aliphatic heterocycles. The van der Waals surface area contributed by atoms with Crippen LogP contribution in [0.2, 0.25) is 0 Å². The van der Waals surface area contributed by atoms with Gasteiger partial charge in [-0.25, -0.2) is 14.6 Å². The topological polar surface area (TPSA) is 98.1 Å². The fourth-order valence-electron chi connectivity index (χ4n) is 3.04. The summed E-state index contributed by atoms with van der Waals surface area (Å²) in [4.78, 5) is 23.1. The average molecular weight is 353 g/mol. The maximum Gasteiger partial charge on any atom is 0.231 e. The molecule has 2 aromatic heterocycles. The van der Waals surface area contributed by atoms with Crippen molar-refractivity contribution in [3.8, 4) is 5.75 Å². The van der Waals surface area contributed by atoms with Gasteiger partial charge in [0, 0.05) is 20.1 Å². The van der Waals surface area contributed by atoms with E-state index in [1.54, 1.807) is 18.8 Å². The summed E-state index contributed by atoms with van der Waals surface area (Å²) in [6.07, 6.45) is 1.49. The summed E-state index contributed by atoms with van der Waals surface area (Å²) >= 11 is 0. The standard InChI is InChI=1S/C17H19N7O2/c1-10-4-5-13(26-3)12(6-10)20-17(25)11-7-24(8-11)16-14-15(18-9-19-16)23(2)22-21-14/h4-6,9,11H,7-8H2,1-3H3,(H,20,25). The van der Waals surface area contributed by atoms with E-state index in [2.05, 4.69) is 25.6 Å². The molecule has 4 rings (SSSR count). The van der Waals surface area contributed by atoms with Gasteiger partial charge in [0.15, 0.2) is 17.0 Å². The monoisotopic (exact) mass is 353 g/mol. The molecule has 3 heterocycles. The zero-order valence-electron chi connectivity index (χ0n) is 14.8. The number of ether oxygens (including phenoxy) is 1. The van der Waals surface area contributed by atoms with Gasteiger partial charge >= 0.3 is 0 Å². The van der Waals surface area contributed by atoms with Crippen molar-refractivity contribution in [3.05, 3.63) is 30.1 Å². The molecule has 9 nitrogen and oxygen atoms in total. The molecule has 1 aromatic carbocycles. The third kappa shape index (κ3) is 2.71. The van der Waals surface area contributed by atoms with Gasteiger partial charge in [0.05, 0.1) is 18.7 Å². The van der Waals surface area contributed by atoms with Gasteiger partial charge in [-0.15, -0.1) is 5.10 Å². The van der Waals surface area contributed by atoms with Gasteiger partial charge in [0.1, 0.15) is 12.1 Å². The zero-order chi connectivity index (χ0) is 18.3. The lowest BCUT2D eigenvalue weighted by Gasteiger charge is -2.38. The first-order valence-electron chi connectivity index (χ1n) is 8.27. The second-order valence-corrected chi connectivity index (χ2v) is 6.38. The number of anilines is 2. The van der Waals surface area contributed by atoms with E-state index in [1.165, 1.54) is 6.33 Å². The minimum atomic E-state index is -0.123. The molecule has 0 radical (unpaired) electrons. The first-order chi connectivity index (χ1) is 12.6. The number of aryl methyl sites for hydroxylation is 2. The highest BCUT2D eigenvalue weighted by atomic mass is 16.5. The molecule has 26 heavy (non-hydrogen) atoms. The molecule has 0 unspecified atom stereocenters. The predicted octanol–water partition coefficient (Wildman–Crippen LogP) is 1.15. The largest absolute Gasteiger partial charge is 0.495 e. The first-order valence-corrected chi connectivity index (χ1v) is 8.27. The quantitative estimate of drug-likeness (QED) is 0.751. The van der Waals surface area contributed by atoms with E-state index >= 15 is 0 Å². The van der Waals surface area contributed by atoms with E-state index < -0.39 is 0 Å². The van der Waals surface area contributed by atoms with Crippen LogP contribution in [0, 0.1) is 12.8 Å². The number of fused-ring (bicyclic) bond motifs is 1. The number of carbonyl (C=O) groups is 1. The minimum Gasteiger partial charge on any atom is -0.495 e. The fourth-order valence-corrected chi connectivity index (χ4v) is 3.04. The maximum atomic E-state index is 12.6. The van der Waals surface area contributed by atoms with Crippen LogP contribution in [0.3, 0.4) is 0 Å². The minimum absolute atomic E-state index is 0.0328. The van der Waals surface area contributed by atoms with Crippen LogP contribution in [-0.4, -0.2) is 51.1 Å². The second kappa shape index (κ2) is 6.25. The van der Waals surface area contributed by atoms with Gasteiger partial charge in [-0.05, 0) is 24.6 Å². The number of hydrogen-bond acceptors (Lipinski definition) is 7. The van der Waals surface area contributed by atoms with Crippen molar-refractivity contribution < 1.29 is 9.53 Å². The Bertz CT molecular complexity index is 978. The van der Waals surface area contributed by atoms with Crippen molar-refractivity contribution in [2.45, 2.75) is 6.92 Å². The average Bonchev–Trinajstić information content (AvgIpc) is 2.96. The smallest absolute Gasteiger partial charge is 0.231 e. The van der Waals surface area contributed by atoms with Crippen LogP contribution in [0.4, 0.5) is 11.5 Å². The molecule has 0 aliphatic carbocycles. The summed E-state index contributed by atoms with van der Waals surface area (Å²) in [5.74, 6) is 1.20. The Labute approximate surface area is 150 Å². The van der Waals surface area contributed by atoms with Crippen LogP contribution in [0.25, 0.3) is 11.2 Å². The Morgan fingerprint density at radius 1 is 1.31 bits per heavy atom. The first kappa shape index (κ1) is 16.2. The molecule has 3 aromatic rings. The van der Waals surface area contributed by atoms with Gasteiger partial charge in [-0.2, -0.15) is 0 Å². The summed E-state index contributed by atoms with van der Waals surface area (Å²) in [7, 11) is 3.38. The third-order valence-electron chi connectivity index (χ3n) is 4.53. The lowest BCUT2D eigenvalue weighted by Crippen LogP contribution is -2.52. The number of aromatic nitrogens is 5. The van der Waals surface area contributed by atoms with E-state index in [0.717, 1.165) is 5.56 Å². The van der Waals surface area contributed by atoms with Gasteiger partial charge in [0.2, 0.25) is 5.91 Å². The van der Waals surface area contributed by atoms with Crippen LogP contribution >= 0.6 is 0 Å². The summed E-state index contributed by atoms with van der Waals surface area (Å²) in [5, 5.41) is 11.1. The number of benzene rings is 1. The highest BCUT2D eigenvalue weighted by molar-refractivity contribution is 5.96. The summed E-state index contributed by atoms with van der Waals surface area (Å²) in [6, 6.07) is 5.70. The molecule has 1 saturated heterocycles. The highest BCUT2D eigenvalue weighted by Crippen LogP contribution is 2.30. The molecular weight excluding hydrogens is 334 g/mol. The molecule has 1 N–H and O–H groups in total. The van der Waals surface area contributed by atoms with Crippen molar-refractivity contribution in [3.63, 3.8) is 0 Å². The van der Waals surface area contributed by atoms with Crippen LogP contribution in [0.15, 0.2) is 24.5 Å². The summed E-state index contributed by atoms with van der Waals surface area (Å²) in [5.41, 5.74) is 3.07. The molecule has 0 atom stereocenters. The van der Waals surface area contributed by atoms with E-state index in [0.29, 0.717) is 41.5 Å². The van der Waals surface area contributed by atoms with Gasteiger partial charge in [-0.3, -0.25) is 4.79 Å². The molecule has 1 aliphatic rings. The van der Waals surface area contributed by atoms with Gasteiger partial charge in [0.25, 0.3) is 0 Å². The second-order valence-electron chi connectivity index (χ2n) is 6.38. The van der Waals surface area contributed by atoms with Crippen molar-refractivity contribution in [1.82, 2.24) is 25.0 Å². The SMILES string of the molecule is COc1ccc(C)cc1NC(=O)C1CN(c2ncnc3c2nnn3C)C1. The molecule has 134 valence electrons. The molecule has 0 spiro atoms. The molecule has 1 fully saturated rings. The number of nitrogens with one attached hydrogen (secondary N) is 1. The lowest BCUT2D eigenvalue weighted by molar-refractivity contribution is -0.120. The van der Waals surface area contributed by atoms with Crippen LogP contribution < -0.4 is 15.0 Å². The Kier molecular flexibility index (Phi) is 3.90.